The maximum absolute atomic E-state index is 12.4. The molecule has 0 spiro atoms. The Morgan fingerprint density at radius 3 is 2.48 bits per heavy atom. The van der Waals surface area contributed by atoms with E-state index in [1.165, 1.54) is 11.3 Å². The minimum absolute atomic E-state index is 0.135. The molecule has 0 unspecified atom stereocenters. The van der Waals surface area contributed by atoms with Crippen LogP contribution in [0.15, 0.2) is 35.7 Å². The van der Waals surface area contributed by atoms with Gasteiger partial charge >= 0.3 is 5.97 Å². The van der Waals surface area contributed by atoms with Crippen LogP contribution in [0.1, 0.15) is 36.0 Å². The first-order valence-electron chi connectivity index (χ1n) is 9.16. The molecule has 1 aromatic carbocycles. The number of aryl methyl sites for hydroxylation is 1. The van der Waals surface area contributed by atoms with Crippen LogP contribution in [0, 0.1) is 24.2 Å². The van der Waals surface area contributed by atoms with Crippen LogP contribution in [0.2, 0.25) is 0 Å². The summed E-state index contributed by atoms with van der Waals surface area (Å²) in [5.41, 5.74) is 1.54. The topological polar surface area (TPSA) is 109 Å². The highest BCUT2D eigenvalue weighted by molar-refractivity contribution is 7.09. The fourth-order valence-corrected chi connectivity index (χ4v) is 3.45. The van der Waals surface area contributed by atoms with Gasteiger partial charge in [-0.05, 0) is 18.4 Å². The Kier molecular flexibility index (Phi) is 8.04. The number of nitrogens with zero attached hydrogens (tertiary/aromatic N) is 2. The fraction of sp³-hybridized carbons (Fsp3) is 0.381. The van der Waals surface area contributed by atoms with Crippen molar-refractivity contribution < 1.29 is 19.1 Å². The van der Waals surface area contributed by atoms with E-state index in [4.69, 9.17) is 4.74 Å². The molecule has 1 N–H and O–H groups in total. The van der Waals surface area contributed by atoms with E-state index in [9.17, 15) is 19.6 Å². The number of hydrogen-bond donors (Lipinski definition) is 1. The summed E-state index contributed by atoms with van der Waals surface area (Å²) in [7, 11) is 0. The Balaban J connectivity index is 1.94. The van der Waals surface area contributed by atoms with Crippen molar-refractivity contribution in [3.8, 4) is 6.07 Å². The second kappa shape index (κ2) is 10.5. The van der Waals surface area contributed by atoms with Gasteiger partial charge in [0.25, 0.3) is 0 Å². The number of ketones is 1. The highest BCUT2D eigenvalue weighted by atomic mass is 32.1. The average molecular weight is 413 g/mol. The SMILES string of the molecule is Cc1csc([C@@H](C#N)C(=O)COC(=O)[C@@H](NC(=O)Cc2ccccc2)C(C)C)n1. The van der Waals surface area contributed by atoms with Crippen molar-refractivity contribution in [3.05, 3.63) is 52.0 Å². The van der Waals surface area contributed by atoms with Gasteiger partial charge in [0.15, 0.2) is 18.3 Å². The molecule has 2 rings (SSSR count). The lowest BCUT2D eigenvalue weighted by Gasteiger charge is -2.21. The first-order valence-corrected chi connectivity index (χ1v) is 10.0. The van der Waals surface area contributed by atoms with Gasteiger partial charge in [-0.15, -0.1) is 11.3 Å². The molecular weight excluding hydrogens is 390 g/mol. The summed E-state index contributed by atoms with van der Waals surface area (Å²) in [6.45, 7) is 4.76. The fourth-order valence-electron chi connectivity index (χ4n) is 2.59. The molecule has 0 aliphatic rings. The molecule has 0 saturated carbocycles. The van der Waals surface area contributed by atoms with Gasteiger partial charge in [0.1, 0.15) is 11.0 Å². The molecule has 0 saturated heterocycles. The molecule has 1 amide bonds. The summed E-state index contributed by atoms with van der Waals surface area (Å²) in [6.07, 6.45) is 0.135. The Labute approximate surface area is 173 Å². The minimum Gasteiger partial charge on any atom is -0.456 e. The summed E-state index contributed by atoms with van der Waals surface area (Å²) in [5.74, 6) is -2.88. The second-order valence-electron chi connectivity index (χ2n) is 6.91. The van der Waals surface area contributed by atoms with Crippen molar-refractivity contribution in [1.82, 2.24) is 10.3 Å². The summed E-state index contributed by atoms with van der Waals surface area (Å²) >= 11 is 1.21. The predicted molar refractivity (Wildman–Crippen MR) is 108 cm³/mol. The number of carbonyl (C=O) groups is 3. The van der Waals surface area contributed by atoms with E-state index in [1.807, 2.05) is 36.4 Å². The number of rotatable bonds is 9. The molecule has 1 aromatic heterocycles. The van der Waals surface area contributed by atoms with Gasteiger partial charge < -0.3 is 10.1 Å². The number of aromatic nitrogens is 1. The number of carbonyl (C=O) groups excluding carboxylic acids is 3. The molecular formula is C21H23N3O4S. The molecule has 7 nitrogen and oxygen atoms in total. The third kappa shape index (κ3) is 6.50. The van der Waals surface area contributed by atoms with Gasteiger partial charge in [0.05, 0.1) is 12.5 Å². The van der Waals surface area contributed by atoms with Crippen molar-refractivity contribution in [2.75, 3.05) is 6.61 Å². The quantitative estimate of drug-likeness (QED) is 0.633. The van der Waals surface area contributed by atoms with Gasteiger partial charge in [-0.2, -0.15) is 5.26 Å². The third-order valence-corrected chi connectivity index (χ3v) is 5.16. The zero-order valence-corrected chi connectivity index (χ0v) is 17.4. The van der Waals surface area contributed by atoms with Gasteiger partial charge in [-0.1, -0.05) is 44.2 Å². The molecule has 2 atom stereocenters. The largest absolute Gasteiger partial charge is 0.456 e. The zero-order chi connectivity index (χ0) is 21.4. The van der Waals surface area contributed by atoms with Crippen LogP contribution < -0.4 is 5.32 Å². The lowest BCUT2D eigenvalue weighted by Crippen LogP contribution is -2.46. The van der Waals surface area contributed by atoms with Crippen molar-refractivity contribution in [2.24, 2.45) is 5.92 Å². The first kappa shape index (κ1) is 22.2. The first-order chi connectivity index (χ1) is 13.8. The van der Waals surface area contributed by atoms with Crippen LogP contribution in [0.25, 0.3) is 0 Å². The van der Waals surface area contributed by atoms with E-state index in [0.717, 1.165) is 11.3 Å². The summed E-state index contributed by atoms with van der Waals surface area (Å²) in [5, 5.41) is 14.1. The average Bonchev–Trinajstić information content (AvgIpc) is 3.11. The lowest BCUT2D eigenvalue weighted by atomic mass is 10.0. The lowest BCUT2D eigenvalue weighted by molar-refractivity contribution is -0.152. The normalized spacial score (nSPS) is 12.7. The Hall–Kier alpha value is -3.05. The van der Waals surface area contributed by atoms with Crippen LogP contribution in [0.4, 0.5) is 0 Å². The molecule has 29 heavy (non-hydrogen) atoms. The van der Waals surface area contributed by atoms with Gasteiger partial charge in [0, 0.05) is 11.1 Å². The Morgan fingerprint density at radius 1 is 1.24 bits per heavy atom. The van der Waals surface area contributed by atoms with Crippen LogP contribution in [0.5, 0.6) is 0 Å². The number of nitrogens with one attached hydrogen (secondary N) is 1. The van der Waals surface area contributed by atoms with Crippen molar-refractivity contribution >= 4 is 29.0 Å². The number of esters is 1. The third-order valence-electron chi connectivity index (χ3n) is 4.14. The highest BCUT2D eigenvalue weighted by Crippen LogP contribution is 2.21. The molecule has 152 valence electrons. The van der Waals surface area contributed by atoms with Gasteiger partial charge in [-0.3, -0.25) is 9.59 Å². The molecule has 0 aliphatic heterocycles. The van der Waals surface area contributed by atoms with E-state index < -0.39 is 30.3 Å². The van der Waals surface area contributed by atoms with Crippen molar-refractivity contribution in [3.63, 3.8) is 0 Å². The monoisotopic (exact) mass is 413 g/mol. The number of benzene rings is 1. The smallest absolute Gasteiger partial charge is 0.329 e. The molecule has 0 fully saturated rings. The van der Waals surface area contributed by atoms with E-state index >= 15 is 0 Å². The van der Waals surface area contributed by atoms with Crippen LogP contribution in [-0.2, 0) is 25.5 Å². The summed E-state index contributed by atoms with van der Waals surface area (Å²) in [6, 6.07) is 10.2. The van der Waals surface area contributed by atoms with E-state index in [-0.39, 0.29) is 18.2 Å². The van der Waals surface area contributed by atoms with E-state index in [0.29, 0.717) is 5.01 Å². The maximum Gasteiger partial charge on any atom is 0.329 e. The van der Waals surface area contributed by atoms with Crippen LogP contribution in [-0.4, -0.2) is 35.3 Å². The van der Waals surface area contributed by atoms with Crippen LogP contribution >= 0.6 is 11.3 Å². The number of amides is 1. The zero-order valence-electron chi connectivity index (χ0n) is 16.5. The van der Waals surface area contributed by atoms with Crippen molar-refractivity contribution in [1.29, 1.82) is 5.26 Å². The molecule has 0 bridgehead atoms. The van der Waals surface area contributed by atoms with Gasteiger partial charge in [0.2, 0.25) is 5.91 Å². The van der Waals surface area contributed by atoms with E-state index in [1.54, 1.807) is 26.2 Å². The minimum atomic E-state index is -1.08. The highest BCUT2D eigenvalue weighted by Gasteiger charge is 2.29. The van der Waals surface area contributed by atoms with Gasteiger partial charge in [-0.25, -0.2) is 9.78 Å². The molecule has 2 aromatic rings. The number of Topliss-reactive ketones (excluding diaryl/α,β-unsaturated/α-hetero) is 1. The summed E-state index contributed by atoms with van der Waals surface area (Å²) < 4.78 is 5.11. The number of thiazole rings is 1. The molecule has 1 heterocycles. The molecule has 0 aliphatic carbocycles. The number of nitriles is 1. The predicted octanol–water partition coefficient (Wildman–Crippen LogP) is 2.55. The summed E-state index contributed by atoms with van der Waals surface area (Å²) in [4.78, 5) is 41.2. The maximum atomic E-state index is 12.4. The van der Waals surface area contributed by atoms with Crippen LogP contribution in [0.3, 0.4) is 0 Å². The second-order valence-corrected chi connectivity index (χ2v) is 7.80. The molecule has 0 radical (unpaired) electrons. The Morgan fingerprint density at radius 2 is 1.93 bits per heavy atom. The standard InChI is InChI=1S/C21H23N3O4S/c1-13(2)19(24-18(26)9-15-7-5-4-6-8-15)21(27)28-11-17(25)16(10-22)20-23-14(3)12-29-20/h4-8,12-13,16,19H,9,11H2,1-3H3,(H,24,26)/t16-,19-/m0/s1. The molecule has 8 heteroatoms. The Bertz CT molecular complexity index is 902. The number of ether oxygens (including phenoxy) is 1. The number of hydrogen-bond acceptors (Lipinski definition) is 7. The van der Waals surface area contributed by atoms with E-state index in [2.05, 4.69) is 10.3 Å². The van der Waals surface area contributed by atoms with Crippen molar-refractivity contribution in [2.45, 2.75) is 39.2 Å².